The second kappa shape index (κ2) is 7.42. The smallest absolute Gasteiger partial charge is 0.0359 e. The lowest BCUT2D eigenvalue weighted by Crippen LogP contribution is -2.60. The van der Waals surface area contributed by atoms with Gasteiger partial charge in [-0.2, -0.15) is 0 Å². The Morgan fingerprint density at radius 1 is 1.19 bits per heavy atom. The van der Waals surface area contributed by atoms with E-state index in [2.05, 4.69) is 62.4 Å². The first-order chi connectivity index (χ1) is 10.1. The summed E-state index contributed by atoms with van der Waals surface area (Å²) in [7, 11) is 4.54. The molecular weight excluding hydrogens is 256 g/mol. The first-order valence-electron chi connectivity index (χ1n) is 8.55. The Morgan fingerprint density at radius 3 is 2.48 bits per heavy atom. The normalized spacial score (nSPS) is 19.7. The number of rotatable bonds is 6. The lowest BCUT2D eigenvalue weighted by atomic mass is 9.73. The molecule has 1 aliphatic rings. The molecule has 2 rings (SSSR count). The van der Waals surface area contributed by atoms with E-state index in [9.17, 15) is 0 Å². The average Bonchev–Trinajstić information content (AvgIpc) is 2.47. The van der Waals surface area contributed by atoms with Crippen molar-refractivity contribution >= 4 is 0 Å². The minimum Gasteiger partial charge on any atom is -0.312 e. The molecule has 0 aromatic heterocycles. The van der Waals surface area contributed by atoms with Gasteiger partial charge in [-0.3, -0.25) is 0 Å². The van der Waals surface area contributed by atoms with Crippen LogP contribution in [0, 0.1) is 6.92 Å². The van der Waals surface area contributed by atoms with E-state index >= 15 is 0 Å². The molecule has 0 spiro atoms. The van der Waals surface area contributed by atoms with Crippen molar-refractivity contribution in [3.63, 3.8) is 0 Å². The van der Waals surface area contributed by atoms with Crippen molar-refractivity contribution in [3.8, 4) is 0 Å². The van der Waals surface area contributed by atoms with Crippen LogP contribution in [0.25, 0.3) is 0 Å². The van der Waals surface area contributed by atoms with Gasteiger partial charge in [-0.25, -0.2) is 0 Å². The molecule has 0 aliphatic heterocycles. The molecule has 1 aromatic rings. The van der Waals surface area contributed by atoms with Gasteiger partial charge in [0, 0.05) is 11.6 Å². The Hall–Kier alpha value is -0.860. The van der Waals surface area contributed by atoms with E-state index in [1.54, 1.807) is 0 Å². The van der Waals surface area contributed by atoms with Crippen LogP contribution in [0.3, 0.4) is 0 Å². The van der Waals surface area contributed by atoms with Crippen molar-refractivity contribution < 1.29 is 0 Å². The van der Waals surface area contributed by atoms with Gasteiger partial charge in [-0.05, 0) is 52.4 Å². The minimum absolute atomic E-state index is 0.317. The molecule has 1 aliphatic carbocycles. The molecule has 0 amide bonds. The molecule has 1 fully saturated rings. The van der Waals surface area contributed by atoms with Crippen molar-refractivity contribution in [2.45, 2.75) is 64.0 Å². The van der Waals surface area contributed by atoms with E-state index in [1.807, 2.05) is 0 Å². The van der Waals surface area contributed by atoms with Crippen LogP contribution in [0.15, 0.2) is 24.3 Å². The highest BCUT2D eigenvalue weighted by Crippen LogP contribution is 2.36. The third-order valence-corrected chi connectivity index (χ3v) is 5.23. The zero-order valence-electron chi connectivity index (χ0n) is 14.3. The first kappa shape index (κ1) is 16.5. The lowest BCUT2D eigenvalue weighted by Gasteiger charge is -2.49. The van der Waals surface area contributed by atoms with Gasteiger partial charge in [0.2, 0.25) is 0 Å². The van der Waals surface area contributed by atoms with Crippen molar-refractivity contribution in [2.24, 2.45) is 0 Å². The third kappa shape index (κ3) is 3.87. The summed E-state index contributed by atoms with van der Waals surface area (Å²) in [5.74, 6) is 0. The molecule has 2 nitrogen and oxygen atoms in total. The SMILES string of the molecule is CCNC(Cc1cccc(C)c1)C1(N(C)C)CCCCC1. The quantitative estimate of drug-likeness (QED) is 0.857. The van der Waals surface area contributed by atoms with Crippen LogP contribution < -0.4 is 5.32 Å². The van der Waals surface area contributed by atoms with E-state index in [-0.39, 0.29) is 0 Å². The number of benzene rings is 1. The molecule has 1 N–H and O–H groups in total. The predicted molar refractivity (Wildman–Crippen MR) is 91.9 cm³/mol. The van der Waals surface area contributed by atoms with Crippen LogP contribution in [0.2, 0.25) is 0 Å². The van der Waals surface area contributed by atoms with E-state index < -0.39 is 0 Å². The topological polar surface area (TPSA) is 15.3 Å². The largest absolute Gasteiger partial charge is 0.312 e. The van der Waals surface area contributed by atoms with Crippen molar-refractivity contribution in [3.05, 3.63) is 35.4 Å². The summed E-state index contributed by atoms with van der Waals surface area (Å²) in [5, 5.41) is 3.80. The van der Waals surface area contributed by atoms with Crippen molar-refractivity contribution in [2.75, 3.05) is 20.6 Å². The van der Waals surface area contributed by atoms with Gasteiger partial charge >= 0.3 is 0 Å². The first-order valence-corrected chi connectivity index (χ1v) is 8.55. The monoisotopic (exact) mass is 288 g/mol. The van der Waals surface area contributed by atoms with Gasteiger partial charge in [-0.15, -0.1) is 0 Å². The summed E-state index contributed by atoms with van der Waals surface area (Å²) in [6.45, 7) is 5.47. The molecule has 0 heterocycles. The van der Waals surface area contributed by atoms with Crippen LogP contribution in [-0.4, -0.2) is 37.1 Å². The molecule has 21 heavy (non-hydrogen) atoms. The Morgan fingerprint density at radius 2 is 1.90 bits per heavy atom. The highest BCUT2D eigenvalue weighted by Gasteiger charge is 2.41. The summed E-state index contributed by atoms with van der Waals surface area (Å²) < 4.78 is 0. The molecule has 0 saturated heterocycles. The molecule has 0 bridgehead atoms. The summed E-state index contributed by atoms with van der Waals surface area (Å²) >= 11 is 0. The Labute approximate surface area is 130 Å². The molecule has 0 radical (unpaired) electrons. The number of nitrogens with zero attached hydrogens (tertiary/aromatic N) is 1. The number of hydrogen-bond donors (Lipinski definition) is 1. The highest BCUT2D eigenvalue weighted by atomic mass is 15.2. The van der Waals surface area contributed by atoms with Crippen LogP contribution in [0.1, 0.15) is 50.2 Å². The van der Waals surface area contributed by atoms with Crippen LogP contribution in [0.5, 0.6) is 0 Å². The van der Waals surface area contributed by atoms with Gasteiger partial charge in [0.15, 0.2) is 0 Å². The molecule has 118 valence electrons. The van der Waals surface area contributed by atoms with Gasteiger partial charge in [-0.1, -0.05) is 56.0 Å². The minimum atomic E-state index is 0.317. The average molecular weight is 288 g/mol. The Balaban J connectivity index is 2.23. The number of aryl methyl sites for hydroxylation is 1. The molecular formula is C19H32N2. The Kier molecular flexibility index (Phi) is 5.83. The van der Waals surface area contributed by atoms with Crippen molar-refractivity contribution in [1.29, 1.82) is 0 Å². The van der Waals surface area contributed by atoms with Gasteiger partial charge in [0.25, 0.3) is 0 Å². The molecule has 1 saturated carbocycles. The highest BCUT2D eigenvalue weighted by molar-refractivity contribution is 5.24. The van der Waals surface area contributed by atoms with Crippen LogP contribution >= 0.6 is 0 Å². The second-order valence-electron chi connectivity index (χ2n) is 6.86. The van der Waals surface area contributed by atoms with E-state index in [1.165, 1.54) is 43.2 Å². The fourth-order valence-corrected chi connectivity index (χ4v) is 4.04. The number of hydrogen-bond acceptors (Lipinski definition) is 2. The maximum Gasteiger partial charge on any atom is 0.0359 e. The van der Waals surface area contributed by atoms with Crippen molar-refractivity contribution in [1.82, 2.24) is 10.2 Å². The standard InChI is InChI=1S/C19H32N2/c1-5-20-18(15-17-11-9-10-16(2)14-17)19(21(3)4)12-7-6-8-13-19/h9-11,14,18,20H,5-8,12-13,15H2,1-4H3. The Bertz CT molecular complexity index is 433. The maximum absolute atomic E-state index is 3.80. The fourth-order valence-electron chi connectivity index (χ4n) is 4.04. The van der Waals surface area contributed by atoms with Gasteiger partial charge in [0.1, 0.15) is 0 Å². The number of nitrogens with one attached hydrogen (secondary N) is 1. The summed E-state index contributed by atoms with van der Waals surface area (Å²) in [4.78, 5) is 2.50. The third-order valence-electron chi connectivity index (χ3n) is 5.23. The predicted octanol–water partition coefficient (Wildman–Crippen LogP) is 3.78. The molecule has 2 heteroatoms. The second-order valence-corrected chi connectivity index (χ2v) is 6.86. The maximum atomic E-state index is 3.80. The van der Waals surface area contributed by atoms with E-state index in [0.717, 1.165) is 13.0 Å². The van der Waals surface area contributed by atoms with Gasteiger partial charge < -0.3 is 10.2 Å². The van der Waals surface area contributed by atoms with Crippen LogP contribution in [-0.2, 0) is 6.42 Å². The number of likely N-dealkylation sites (N-methyl/N-ethyl adjacent to an activating group) is 2. The fraction of sp³-hybridized carbons (Fsp3) is 0.684. The van der Waals surface area contributed by atoms with Crippen LogP contribution in [0.4, 0.5) is 0 Å². The summed E-state index contributed by atoms with van der Waals surface area (Å²) in [6, 6.07) is 9.55. The van der Waals surface area contributed by atoms with Gasteiger partial charge in [0.05, 0.1) is 0 Å². The van der Waals surface area contributed by atoms with E-state index in [0.29, 0.717) is 11.6 Å². The zero-order chi connectivity index (χ0) is 15.3. The summed E-state index contributed by atoms with van der Waals surface area (Å²) in [6.07, 6.45) is 7.92. The molecule has 1 atom stereocenters. The molecule has 1 unspecified atom stereocenters. The summed E-state index contributed by atoms with van der Waals surface area (Å²) in [5.41, 5.74) is 3.15. The zero-order valence-corrected chi connectivity index (χ0v) is 14.3. The molecule has 1 aromatic carbocycles. The van der Waals surface area contributed by atoms with E-state index in [4.69, 9.17) is 0 Å². The lowest BCUT2D eigenvalue weighted by molar-refractivity contribution is 0.0575.